The Balaban J connectivity index is 0.00000215. The van der Waals surface area contributed by atoms with Crippen LogP contribution in [0.1, 0.15) is 63.9 Å². The van der Waals surface area contributed by atoms with Gasteiger partial charge in [0, 0.05) is 39.5 Å². The van der Waals surface area contributed by atoms with E-state index >= 15 is 0 Å². The van der Waals surface area contributed by atoms with Crippen LogP contribution in [0.3, 0.4) is 0 Å². The van der Waals surface area contributed by atoms with Gasteiger partial charge >= 0.3 is 5.97 Å². The third kappa shape index (κ3) is 13.7. The number of amides is 6. The first-order chi connectivity index (χ1) is 27.5. The predicted molar refractivity (Wildman–Crippen MR) is 207 cm³/mol. The zero-order chi connectivity index (χ0) is 42.9. The second-order valence-electron chi connectivity index (χ2n) is 14.3. The summed E-state index contributed by atoms with van der Waals surface area (Å²) < 4.78 is 0. The van der Waals surface area contributed by atoms with Gasteiger partial charge in [0.1, 0.15) is 30.2 Å². The van der Waals surface area contributed by atoms with Crippen LogP contribution in [0.25, 0.3) is 0 Å². The Labute approximate surface area is 335 Å². The van der Waals surface area contributed by atoms with Gasteiger partial charge in [-0.15, -0.1) is 0 Å². The van der Waals surface area contributed by atoms with Gasteiger partial charge in [-0.3, -0.25) is 38.6 Å². The van der Waals surface area contributed by atoms with Gasteiger partial charge in [-0.1, -0.05) is 30.3 Å². The number of nitrogens with zero attached hydrogens (tertiary/aromatic N) is 4. The van der Waals surface area contributed by atoms with E-state index in [9.17, 15) is 43.8 Å². The number of nitrogens with one attached hydrogen (secondary N) is 3. The maximum absolute atomic E-state index is 13.7. The molecule has 4 rings (SSSR count). The van der Waals surface area contributed by atoms with Crippen LogP contribution in [-0.2, 0) is 44.8 Å². The smallest absolute Gasteiger partial charge is 0.326 e. The lowest BCUT2D eigenvalue weighted by Gasteiger charge is -2.32. The van der Waals surface area contributed by atoms with Gasteiger partial charge < -0.3 is 63.2 Å². The van der Waals surface area contributed by atoms with Crippen molar-refractivity contribution in [3.63, 3.8) is 0 Å². The zero-order valence-electron chi connectivity index (χ0n) is 32.6. The summed E-state index contributed by atoms with van der Waals surface area (Å²) in [7, 11) is 0. The molecule has 0 bridgehead atoms. The standard InChI is InChI=1S/C35H52N10O9.C2H4O2/c36-22(10-4-14-39-35(37)38)31(50)44-16-6-12-26(44)33(52)43-15-5-11-25(43)30(49)40-19-28(47)41-23(18-21-8-2-1-3-9-21)29(48)42-24(20-46)32(51)45-17-7-13-27(45)34(53)54;1-2(3)4/h1-3,8-9,22-27,46H,4-7,10-20,36H2,(H,40,49)(H,41,47)(H,42,48)(H,53,54)(H4,37,38,39);1H3,(H,3,4). The molecular formula is C37H56N10O11. The van der Waals surface area contributed by atoms with E-state index in [1.54, 1.807) is 30.3 Å². The van der Waals surface area contributed by atoms with Crippen molar-refractivity contribution in [1.29, 1.82) is 0 Å². The first kappa shape index (κ1) is 46.6. The molecule has 0 radical (unpaired) electrons. The Hall–Kier alpha value is -5.83. The number of aliphatic carboxylic acids is 2. The lowest BCUT2D eigenvalue weighted by atomic mass is 10.0. The summed E-state index contributed by atoms with van der Waals surface area (Å²) in [4.78, 5) is 109. The average Bonchev–Trinajstić information content (AvgIpc) is 3.98. The number of likely N-dealkylation sites (tertiary alicyclic amines) is 3. The largest absolute Gasteiger partial charge is 0.481 e. The molecular weight excluding hydrogens is 760 g/mol. The maximum atomic E-state index is 13.7. The van der Waals surface area contributed by atoms with Crippen molar-refractivity contribution < 1.29 is 53.7 Å². The number of nitrogens with two attached hydrogens (primary N) is 3. The lowest BCUT2D eigenvalue weighted by molar-refractivity contribution is -0.150. The lowest BCUT2D eigenvalue weighted by Crippen LogP contribution is -2.58. The molecule has 3 fully saturated rings. The van der Waals surface area contributed by atoms with Crippen molar-refractivity contribution in [1.82, 2.24) is 30.7 Å². The van der Waals surface area contributed by atoms with Gasteiger partial charge in [0.25, 0.3) is 5.97 Å². The molecule has 6 unspecified atom stereocenters. The van der Waals surface area contributed by atoms with Crippen LogP contribution >= 0.6 is 0 Å². The van der Waals surface area contributed by atoms with E-state index in [-0.39, 0.29) is 37.2 Å². The number of carbonyl (C=O) groups excluding carboxylic acids is 6. The molecule has 320 valence electrons. The number of hydrogen-bond donors (Lipinski definition) is 9. The zero-order valence-corrected chi connectivity index (χ0v) is 32.6. The van der Waals surface area contributed by atoms with Gasteiger partial charge in [0.05, 0.1) is 19.2 Å². The van der Waals surface area contributed by atoms with E-state index in [1.165, 1.54) is 9.80 Å². The Morgan fingerprint density at radius 1 is 0.810 bits per heavy atom. The molecule has 21 heteroatoms. The molecule has 12 N–H and O–H groups in total. The SMILES string of the molecule is CC(=O)O.NC(N)=NCCCC(N)C(=O)N1CCCC1C(=O)N1CCCC1C(=O)NCC(=O)NC(Cc1ccccc1)C(=O)NC(CO)C(=O)N1CCCC1C(=O)O. The summed E-state index contributed by atoms with van der Waals surface area (Å²) in [5.41, 5.74) is 17.5. The quantitative estimate of drug-likeness (QED) is 0.0426. The van der Waals surface area contributed by atoms with Crippen LogP contribution in [0.4, 0.5) is 0 Å². The highest BCUT2D eigenvalue weighted by molar-refractivity contribution is 5.96. The van der Waals surface area contributed by atoms with E-state index in [1.807, 2.05) is 0 Å². The number of aliphatic hydroxyl groups excluding tert-OH is 1. The number of hydrogen-bond acceptors (Lipinski definition) is 11. The fraction of sp³-hybridized carbons (Fsp3) is 0.595. The summed E-state index contributed by atoms with van der Waals surface area (Å²) in [5, 5.41) is 34.5. The molecule has 3 aliphatic heterocycles. The minimum atomic E-state index is -1.45. The minimum absolute atomic E-state index is 0.00159. The van der Waals surface area contributed by atoms with Crippen molar-refractivity contribution in [2.24, 2.45) is 22.2 Å². The number of carboxylic acid groups (broad SMARTS) is 2. The van der Waals surface area contributed by atoms with Crippen molar-refractivity contribution in [3.8, 4) is 0 Å². The van der Waals surface area contributed by atoms with Crippen molar-refractivity contribution >= 4 is 53.3 Å². The first-order valence-corrected chi connectivity index (χ1v) is 19.2. The van der Waals surface area contributed by atoms with Gasteiger partial charge in [0.15, 0.2) is 5.96 Å². The number of carbonyl (C=O) groups is 8. The topological polar surface area (TPSA) is 333 Å². The Morgan fingerprint density at radius 2 is 1.38 bits per heavy atom. The summed E-state index contributed by atoms with van der Waals surface area (Å²) in [6, 6.07) is 2.47. The van der Waals surface area contributed by atoms with E-state index in [4.69, 9.17) is 27.1 Å². The third-order valence-corrected chi connectivity index (χ3v) is 9.92. The van der Waals surface area contributed by atoms with Crippen LogP contribution in [0.2, 0.25) is 0 Å². The monoisotopic (exact) mass is 816 g/mol. The summed E-state index contributed by atoms with van der Waals surface area (Å²) in [6.07, 6.45) is 3.41. The fourth-order valence-electron chi connectivity index (χ4n) is 7.17. The first-order valence-electron chi connectivity index (χ1n) is 19.2. The third-order valence-electron chi connectivity index (χ3n) is 9.92. The Bertz CT molecular complexity index is 1650. The van der Waals surface area contributed by atoms with Gasteiger partial charge in [0.2, 0.25) is 35.4 Å². The van der Waals surface area contributed by atoms with E-state index in [2.05, 4.69) is 20.9 Å². The number of benzene rings is 1. The average molecular weight is 817 g/mol. The number of aliphatic imine (C=N–C) groups is 1. The fourth-order valence-corrected chi connectivity index (χ4v) is 7.17. The van der Waals surface area contributed by atoms with Gasteiger partial charge in [-0.25, -0.2) is 4.79 Å². The predicted octanol–water partition coefficient (Wildman–Crippen LogP) is -3.16. The molecule has 6 amide bonds. The van der Waals surface area contributed by atoms with Crippen LogP contribution < -0.4 is 33.2 Å². The molecule has 3 heterocycles. The number of carboxylic acids is 2. The van der Waals surface area contributed by atoms with E-state index in [0.717, 1.165) is 11.8 Å². The highest BCUT2D eigenvalue weighted by Gasteiger charge is 2.43. The van der Waals surface area contributed by atoms with E-state index in [0.29, 0.717) is 70.1 Å². The highest BCUT2D eigenvalue weighted by Crippen LogP contribution is 2.26. The molecule has 6 atom stereocenters. The molecule has 58 heavy (non-hydrogen) atoms. The van der Waals surface area contributed by atoms with Crippen molar-refractivity contribution in [2.75, 3.05) is 39.3 Å². The molecule has 1 aromatic carbocycles. The van der Waals surface area contributed by atoms with Crippen LogP contribution in [0, 0.1) is 0 Å². The molecule has 0 aliphatic carbocycles. The van der Waals surface area contributed by atoms with Crippen molar-refractivity contribution in [2.45, 2.75) is 101 Å². The maximum Gasteiger partial charge on any atom is 0.326 e. The Kier molecular flexibility index (Phi) is 18.3. The minimum Gasteiger partial charge on any atom is -0.481 e. The van der Waals surface area contributed by atoms with Crippen LogP contribution in [0.5, 0.6) is 0 Å². The molecule has 3 saturated heterocycles. The van der Waals surface area contributed by atoms with Gasteiger partial charge in [-0.05, 0) is 56.9 Å². The number of rotatable bonds is 17. The molecule has 0 saturated carbocycles. The molecule has 1 aromatic rings. The summed E-state index contributed by atoms with van der Waals surface area (Å²) in [6.45, 7) is 0.871. The van der Waals surface area contributed by atoms with Crippen molar-refractivity contribution in [3.05, 3.63) is 35.9 Å². The number of aliphatic hydroxyl groups is 1. The summed E-state index contributed by atoms with van der Waals surface area (Å²) in [5.74, 6) is -5.66. The Morgan fingerprint density at radius 3 is 1.97 bits per heavy atom. The summed E-state index contributed by atoms with van der Waals surface area (Å²) >= 11 is 0. The molecule has 0 spiro atoms. The molecule has 21 nitrogen and oxygen atoms in total. The second kappa shape index (κ2) is 22.8. The molecule has 3 aliphatic rings. The highest BCUT2D eigenvalue weighted by atomic mass is 16.4. The van der Waals surface area contributed by atoms with Crippen LogP contribution in [-0.4, -0.2) is 159 Å². The van der Waals surface area contributed by atoms with Gasteiger partial charge in [-0.2, -0.15) is 0 Å². The normalized spacial score (nSPS) is 20.1. The van der Waals surface area contributed by atoms with Crippen LogP contribution in [0.15, 0.2) is 35.3 Å². The van der Waals surface area contributed by atoms with E-state index < -0.39 is 85.0 Å². The number of guanidine groups is 1. The molecule has 0 aromatic heterocycles. The second-order valence-corrected chi connectivity index (χ2v) is 14.3.